The summed E-state index contributed by atoms with van der Waals surface area (Å²) in [7, 11) is 0. The molecule has 0 saturated carbocycles. The average Bonchev–Trinajstić information content (AvgIpc) is 3.05. The highest BCUT2D eigenvalue weighted by Gasteiger charge is 2.15. The number of fused-ring (bicyclic) bond motifs is 2. The molecule has 1 aromatic heterocycles. The van der Waals surface area contributed by atoms with Gasteiger partial charge in [-0.15, -0.1) is 0 Å². The van der Waals surface area contributed by atoms with Gasteiger partial charge in [-0.3, -0.25) is 0 Å². The van der Waals surface area contributed by atoms with Gasteiger partial charge < -0.3 is 10.7 Å². The Balaban J connectivity index is 1.95. The van der Waals surface area contributed by atoms with E-state index in [1.54, 1.807) is 0 Å². The summed E-state index contributed by atoms with van der Waals surface area (Å²) in [6.45, 7) is 0.704. The molecule has 0 bridgehead atoms. The van der Waals surface area contributed by atoms with Crippen LogP contribution in [0.1, 0.15) is 24.0 Å². The first-order valence-electron chi connectivity index (χ1n) is 9.04. The van der Waals surface area contributed by atoms with Gasteiger partial charge in [0.05, 0.1) is 17.3 Å². The first-order chi connectivity index (χ1) is 12.8. The van der Waals surface area contributed by atoms with E-state index in [9.17, 15) is 5.26 Å². The van der Waals surface area contributed by atoms with Crippen LogP contribution in [-0.2, 0) is 6.42 Å². The number of benzene rings is 3. The van der Waals surface area contributed by atoms with Crippen LogP contribution in [0.15, 0.2) is 60.7 Å². The SMILES string of the molecule is N#Cc1ccc2[nH]c(-c3cccc4ccccc34)c(CCCCN)c2c1. The normalized spacial score (nSPS) is 11.1. The van der Waals surface area contributed by atoms with Gasteiger partial charge in [0.2, 0.25) is 0 Å². The monoisotopic (exact) mass is 339 g/mol. The Morgan fingerprint density at radius 1 is 0.923 bits per heavy atom. The van der Waals surface area contributed by atoms with Gasteiger partial charge in [0.1, 0.15) is 0 Å². The van der Waals surface area contributed by atoms with Gasteiger partial charge in [-0.05, 0) is 60.3 Å². The lowest BCUT2D eigenvalue weighted by molar-refractivity contribution is 0.748. The molecule has 0 aliphatic rings. The van der Waals surface area contributed by atoms with Crippen molar-refractivity contribution in [2.24, 2.45) is 5.73 Å². The van der Waals surface area contributed by atoms with Crippen molar-refractivity contribution in [3.05, 3.63) is 71.8 Å². The van der Waals surface area contributed by atoms with Gasteiger partial charge in [0.15, 0.2) is 0 Å². The van der Waals surface area contributed by atoms with Crippen LogP contribution in [0.5, 0.6) is 0 Å². The van der Waals surface area contributed by atoms with Gasteiger partial charge >= 0.3 is 0 Å². The van der Waals surface area contributed by atoms with Crippen LogP contribution in [-0.4, -0.2) is 11.5 Å². The summed E-state index contributed by atoms with van der Waals surface area (Å²) in [5.74, 6) is 0. The van der Waals surface area contributed by atoms with Crippen molar-refractivity contribution >= 4 is 21.7 Å². The molecule has 3 aromatic carbocycles. The molecule has 26 heavy (non-hydrogen) atoms. The molecule has 0 aliphatic heterocycles. The number of H-pyrrole nitrogens is 1. The molecule has 0 spiro atoms. The maximum atomic E-state index is 9.29. The average molecular weight is 339 g/mol. The fourth-order valence-corrected chi connectivity index (χ4v) is 3.70. The maximum absolute atomic E-state index is 9.29. The van der Waals surface area contributed by atoms with E-state index in [0.717, 1.165) is 35.9 Å². The molecule has 3 heteroatoms. The number of hydrogen-bond donors (Lipinski definition) is 2. The van der Waals surface area contributed by atoms with Crippen molar-refractivity contribution in [3.8, 4) is 17.3 Å². The lowest BCUT2D eigenvalue weighted by Crippen LogP contribution is -1.99. The molecule has 0 unspecified atom stereocenters. The second-order valence-corrected chi connectivity index (χ2v) is 6.62. The van der Waals surface area contributed by atoms with E-state index in [1.165, 1.54) is 21.9 Å². The molecule has 3 N–H and O–H groups in total. The van der Waals surface area contributed by atoms with Gasteiger partial charge in [0.25, 0.3) is 0 Å². The van der Waals surface area contributed by atoms with E-state index in [1.807, 2.05) is 18.2 Å². The molecule has 0 radical (unpaired) electrons. The Morgan fingerprint density at radius 3 is 2.62 bits per heavy atom. The third-order valence-corrected chi connectivity index (χ3v) is 4.98. The number of nitriles is 1. The number of rotatable bonds is 5. The van der Waals surface area contributed by atoms with Crippen molar-refractivity contribution in [2.45, 2.75) is 19.3 Å². The Kier molecular flexibility index (Phi) is 4.43. The largest absolute Gasteiger partial charge is 0.354 e. The van der Waals surface area contributed by atoms with Crippen LogP contribution in [0.4, 0.5) is 0 Å². The summed E-state index contributed by atoms with van der Waals surface area (Å²) >= 11 is 0. The number of hydrogen-bond acceptors (Lipinski definition) is 2. The first-order valence-corrected chi connectivity index (χ1v) is 9.04. The van der Waals surface area contributed by atoms with Crippen LogP contribution < -0.4 is 5.73 Å². The molecule has 128 valence electrons. The summed E-state index contributed by atoms with van der Waals surface area (Å²) in [5, 5.41) is 12.9. The number of aromatic nitrogens is 1. The minimum Gasteiger partial charge on any atom is -0.354 e. The van der Waals surface area contributed by atoms with E-state index in [0.29, 0.717) is 12.1 Å². The van der Waals surface area contributed by atoms with Gasteiger partial charge in [-0.25, -0.2) is 0 Å². The molecule has 3 nitrogen and oxygen atoms in total. The van der Waals surface area contributed by atoms with Gasteiger partial charge in [-0.2, -0.15) is 5.26 Å². The topological polar surface area (TPSA) is 65.6 Å². The number of aryl methyl sites for hydroxylation is 1. The van der Waals surface area contributed by atoms with Crippen LogP contribution in [0.2, 0.25) is 0 Å². The minimum atomic E-state index is 0.695. The van der Waals surface area contributed by atoms with Gasteiger partial charge in [-0.1, -0.05) is 42.5 Å². The zero-order valence-corrected chi connectivity index (χ0v) is 14.6. The number of unbranched alkanes of at least 4 members (excludes halogenated alkanes) is 1. The highest BCUT2D eigenvalue weighted by Crippen LogP contribution is 2.35. The molecule has 0 saturated heterocycles. The third-order valence-electron chi connectivity index (χ3n) is 4.98. The molecule has 4 aromatic rings. The Hall–Kier alpha value is -3.09. The van der Waals surface area contributed by atoms with Crippen molar-refractivity contribution in [2.75, 3.05) is 6.54 Å². The maximum Gasteiger partial charge on any atom is 0.0991 e. The minimum absolute atomic E-state index is 0.695. The van der Waals surface area contributed by atoms with Crippen LogP contribution in [0, 0.1) is 11.3 Å². The summed E-state index contributed by atoms with van der Waals surface area (Å²) in [6.07, 6.45) is 2.99. The van der Waals surface area contributed by atoms with Crippen LogP contribution in [0.25, 0.3) is 32.9 Å². The van der Waals surface area contributed by atoms with Crippen LogP contribution >= 0.6 is 0 Å². The standard InChI is InChI=1S/C23H21N3/c24-13-4-3-9-20-21-14-16(15-25)11-12-22(21)26-23(20)19-10-5-7-17-6-1-2-8-18(17)19/h1-2,5-8,10-12,14,26H,3-4,9,13,24H2. The fourth-order valence-electron chi connectivity index (χ4n) is 3.70. The number of nitrogens with zero attached hydrogens (tertiary/aromatic N) is 1. The lowest BCUT2D eigenvalue weighted by atomic mass is 9.96. The molecular formula is C23H21N3. The number of aromatic amines is 1. The van der Waals surface area contributed by atoms with E-state index in [-0.39, 0.29) is 0 Å². The molecule has 0 fully saturated rings. The number of nitrogens with one attached hydrogen (secondary N) is 1. The van der Waals surface area contributed by atoms with E-state index < -0.39 is 0 Å². The van der Waals surface area contributed by atoms with Crippen LogP contribution in [0.3, 0.4) is 0 Å². The summed E-state index contributed by atoms with van der Waals surface area (Å²) in [6, 6.07) is 23.0. The smallest absolute Gasteiger partial charge is 0.0991 e. The van der Waals surface area contributed by atoms with Crippen molar-refractivity contribution in [1.82, 2.24) is 4.98 Å². The molecule has 0 aliphatic carbocycles. The fraction of sp³-hybridized carbons (Fsp3) is 0.174. The predicted octanol–water partition coefficient (Wildman–Crippen LogP) is 5.14. The highest BCUT2D eigenvalue weighted by molar-refractivity contribution is 6.00. The first kappa shape index (κ1) is 16.4. The quantitative estimate of drug-likeness (QED) is 0.494. The summed E-state index contributed by atoms with van der Waals surface area (Å²) in [4.78, 5) is 3.61. The molecule has 1 heterocycles. The van der Waals surface area contributed by atoms with Crippen molar-refractivity contribution < 1.29 is 0 Å². The van der Waals surface area contributed by atoms with E-state index in [4.69, 9.17) is 5.73 Å². The molecule has 0 amide bonds. The van der Waals surface area contributed by atoms with Crippen molar-refractivity contribution in [3.63, 3.8) is 0 Å². The Labute approximate surface area is 153 Å². The molecular weight excluding hydrogens is 318 g/mol. The molecule has 4 rings (SSSR count). The second-order valence-electron chi connectivity index (χ2n) is 6.62. The zero-order valence-electron chi connectivity index (χ0n) is 14.6. The summed E-state index contributed by atoms with van der Waals surface area (Å²) < 4.78 is 0. The summed E-state index contributed by atoms with van der Waals surface area (Å²) in [5.41, 5.74) is 11.1. The second kappa shape index (κ2) is 7.03. The van der Waals surface area contributed by atoms with Crippen molar-refractivity contribution in [1.29, 1.82) is 5.26 Å². The zero-order chi connectivity index (χ0) is 17.9. The van der Waals surface area contributed by atoms with E-state index in [2.05, 4.69) is 53.5 Å². The Bertz CT molecular complexity index is 1110. The Morgan fingerprint density at radius 2 is 1.77 bits per heavy atom. The third kappa shape index (κ3) is 2.85. The van der Waals surface area contributed by atoms with E-state index >= 15 is 0 Å². The number of nitrogens with two attached hydrogens (primary N) is 1. The highest BCUT2D eigenvalue weighted by atomic mass is 14.7. The van der Waals surface area contributed by atoms with Gasteiger partial charge in [0, 0.05) is 16.5 Å². The molecule has 0 atom stereocenters. The predicted molar refractivity (Wildman–Crippen MR) is 108 cm³/mol. The lowest BCUT2D eigenvalue weighted by Gasteiger charge is -2.09.